The Morgan fingerprint density at radius 1 is 1.29 bits per heavy atom. The van der Waals surface area contributed by atoms with E-state index in [4.69, 9.17) is 21.1 Å². The van der Waals surface area contributed by atoms with Gasteiger partial charge in [-0.3, -0.25) is 9.80 Å². The van der Waals surface area contributed by atoms with Gasteiger partial charge in [-0.05, 0) is 24.8 Å². The Bertz CT molecular complexity index is 1510. The van der Waals surface area contributed by atoms with Gasteiger partial charge in [0.2, 0.25) is 0 Å². The van der Waals surface area contributed by atoms with Gasteiger partial charge in [-0.2, -0.15) is 15.2 Å². The first-order chi connectivity index (χ1) is 20.4. The molecule has 1 N–H and O–H groups in total. The van der Waals surface area contributed by atoms with E-state index >= 15 is 4.39 Å². The Labute approximate surface area is 247 Å². The topological polar surface area (TPSA) is 128 Å². The van der Waals surface area contributed by atoms with E-state index < -0.39 is 17.4 Å². The van der Waals surface area contributed by atoms with Gasteiger partial charge in [0.05, 0.1) is 42.7 Å². The highest BCUT2D eigenvalue weighted by atomic mass is 35.5. The van der Waals surface area contributed by atoms with Crippen molar-refractivity contribution in [3.8, 4) is 12.1 Å². The lowest BCUT2D eigenvalue weighted by molar-refractivity contribution is 0.0287. The second-order valence-corrected chi connectivity index (χ2v) is 11.4. The predicted octanol–water partition coefficient (Wildman–Crippen LogP) is 3.75. The second-order valence-electron chi connectivity index (χ2n) is 11.1. The molecule has 2 bridgehead atoms. The van der Waals surface area contributed by atoms with Gasteiger partial charge in [-0.1, -0.05) is 41.9 Å². The molecule has 3 aliphatic rings. The molecule has 0 spiro atoms. The molecule has 42 heavy (non-hydrogen) atoms. The number of nitrogens with zero attached hydrogens (tertiary/aromatic N) is 7. The summed E-state index contributed by atoms with van der Waals surface area (Å²) in [5.41, 5.74) is -0.205. The Balaban J connectivity index is 1.29. The standard InChI is InChI=1S/C29H31ClFN7O4/c30-25-23(31)24-22(15-33-25)26(35-27(34-24)41-12-4-9-36-16-21-13-20(36)17-42-21)37-10-11-38(28(39)40)29(18-37,7-8-32)14-19-5-2-1-3-6-19/h1-3,5-6,15,20-21H,4,7,9-14,16-18H2,(H,39,40)/t20-,21-,29+/m0/s1. The third-order valence-electron chi connectivity index (χ3n) is 8.40. The van der Waals surface area contributed by atoms with Crippen LogP contribution in [0.1, 0.15) is 24.8 Å². The minimum Gasteiger partial charge on any atom is -0.465 e. The number of hydrogen-bond donors (Lipinski definition) is 1. The van der Waals surface area contributed by atoms with Crippen LogP contribution in [0.2, 0.25) is 5.15 Å². The molecule has 6 rings (SSSR count). The molecular weight excluding hydrogens is 565 g/mol. The van der Waals surface area contributed by atoms with E-state index in [0.29, 0.717) is 36.4 Å². The monoisotopic (exact) mass is 595 g/mol. The summed E-state index contributed by atoms with van der Waals surface area (Å²) in [5, 5.41) is 19.9. The Morgan fingerprint density at radius 3 is 2.83 bits per heavy atom. The van der Waals surface area contributed by atoms with Crippen molar-refractivity contribution >= 4 is 34.4 Å². The van der Waals surface area contributed by atoms with Crippen LogP contribution in [0.15, 0.2) is 36.5 Å². The van der Waals surface area contributed by atoms with Gasteiger partial charge in [0, 0.05) is 45.0 Å². The number of benzene rings is 1. The van der Waals surface area contributed by atoms with Gasteiger partial charge in [0.1, 0.15) is 11.3 Å². The van der Waals surface area contributed by atoms with Gasteiger partial charge in [0.25, 0.3) is 0 Å². The Kier molecular flexibility index (Phi) is 7.98. The molecular formula is C29H31ClFN7O4. The van der Waals surface area contributed by atoms with E-state index in [2.05, 4.69) is 25.9 Å². The maximum Gasteiger partial charge on any atom is 0.407 e. The number of carbonyl (C=O) groups is 1. The quantitative estimate of drug-likeness (QED) is 0.288. The average Bonchev–Trinajstić information content (AvgIpc) is 3.61. The van der Waals surface area contributed by atoms with Crippen LogP contribution in [0, 0.1) is 17.1 Å². The van der Waals surface area contributed by atoms with Crippen LogP contribution in [0.3, 0.4) is 0 Å². The summed E-state index contributed by atoms with van der Waals surface area (Å²) in [7, 11) is 0. The number of anilines is 1. The lowest BCUT2D eigenvalue weighted by Gasteiger charge is -2.49. The number of halogens is 2. The first-order valence-corrected chi connectivity index (χ1v) is 14.4. The van der Waals surface area contributed by atoms with Crippen LogP contribution >= 0.6 is 11.6 Å². The zero-order valence-corrected chi connectivity index (χ0v) is 23.7. The number of piperazine rings is 1. The summed E-state index contributed by atoms with van der Waals surface area (Å²) in [6.45, 7) is 3.41. The molecule has 3 aliphatic heterocycles. The number of morpholine rings is 1. The third-order valence-corrected chi connectivity index (χ3v) is 8.67. The van der Waals surface area contributed by atoms with E-state index in [1.54, 1.807) is 0 Å². The smallest absolute Gasteiger partial charge is 0.407 e. The van der Waals surface area contributed by atoms with Gasteiger partial charge in [-0.15, -0.1) is 0 Å². The third kappa shape index (κ3) is 5.52. The van der Waals surface area contributed by atoms with Crippen LogP contribution in [0.5, 0.6) is 6.01 Å². The second kappa shape index (κ2) is 11.8. The lowest BCUT2D eigenvalue weighted by atomic mass is 9.84. The molecule has 1 aromatic carbocycles. The minimum atomic E-state index is -1.10. The van der Waals surface area contributed by atoms with Crippen molar-refractivity contribution in [2.45, 2.75) is 43.4 Å². The summed E-state index contributed by atoms with van der Waals surface area (Å²) in [4.78, 5) is 31.0. The molecule has 3 saturated heterocycles. The fourth-order valence-corrected chi connectivity index (χ4v) is 6.57. The van der Waals surface area contributed by atoms with Gasteiger partial charge >= 0.3 is 12.1 Å². The van der Waals surface area contributed by atoms with Gasteiger partial charge in [0.15, 0.2) is 11.0 Å². The summed E-state index contributed by atoms with van der Waals surface area (Å²) >= 11 is 6.01. The molecule has 13 heteroatoms. The van der Waals surface area contributed by atoms with Crippen LogP contribution in [-0.4, -0.2) is 99.6 Å². The van der Waals surface area contributed by atoms with E-state index in [9.17, 15) is 15.2 Å². The minimum absolute atomic E-state index is 0.000417. The van der Waals surface area contributed by atoms with Gasteiger partial charge < -0.3 is 19.5 Å². The molecule has 2 aromatic heterocycles. The van der Waals surface area contributed by atoms with Crippen molar-refractivity contribution in [2.24, 2.45) is 0 Å². The first-order valence-electron chi connectivity index (χ1n) is 14.0. The van der Waals surface area contributed by atoms with Crippen LogP contribution in [-0.2, 0) is 11.2 Å². The van der Waals surface area contributed by atoms with Crippen LogP contribution < -0.4 is 9.64 Å². The number of likely N-dealkylation sites (tertiary alicyclic amines) is 1. The lowest BCUT2D eigenvalue weighted by Crippen LogP contribution is -2.65. The Morgan fingerprint density at radius 2 is 2.12 bits per heavy atom. The number of rotatable bonds is 9. The molecule has 3 atom stereocenters. The summed E-state index contributed by atoms with van der Waals surface area (Å²) in [5.74, 6) is -0.431. The number of aromatic nitrogens is 3. The van der Waals surface area contributed by atoms with Crippen molar-refractivity contribution in [2.75, 3.05) is 50.8 Å². The zero-order chi connectivity index (χ0) is 29.3. The SMILES string of the molecule is N#CC[C@@]1(Cc2ccccc2)CN(c2nc(OCCCN3C[C@@H]4C[C@H]3CO4)nc3c(F)c(Cl)ncc23)CCN1C(=O)O. The van der Waals surface area contributed by atoms with Crippen molar-refractivity contribution in [3.63, 3.8) is 0 Å². The average molecular weight is 596 g/mol. The highest BCUT2D eigenvalue weighted by Crippen LogP contribution is 2.36. The Hall–Kier alpha value is -3.79. The number of amides is 1. The maximum absolute atomic E-state index is 15.2. The molecule has 0 radical (unpaired) electrons. The largest absolute Gasteiger partial charge is 0.465 e. The number of ether oxygens (including phenoxy) is 2. The molecule has 1 amide bonds. The van der Waals surface area contributed by atoms with Crippen molar-refractivity contribution in [3.05, 3.63) is 53.1 Å². The molecule has 220 valence electrons. The molecule has 3 fully saturated rings. The molecule has 11 nitrogen and oxygen atoms in total. The number of fused-ring (bicyclic) bond motifs is 3. The fraction of sp³-hybridized carbons (Fsp3) is 0.483. The van der Waals surface area contributed by atoms with E-state index in [0.717, 1.165) is 38.1 Å². The van der Waals surface area contributed by atoms with Gasteiger partial charge in [-0.25, -0.2) is 14.2 Å². The fourth-order valence-electron chi connectivity index (χ4n) is 6.43. The number of pyridine rings is 1. The number of carboxylic acid groups (broad SMARTS) is 1. The van der Waals surface area contributed by atoms with Crippen molar-refractivity contribution in [1.29, 1.82) is 5.26 Å². The predicted molar refractivity (Wildman–Crippen MR) is 152 cm³/mol. The molecule has 0 saturated carbocycles. The zero-order valence-electron chi connectivity index (χ0n) is 23.0. The van der Waals surface area contributed by atoms with E-state index in [-0.39, 0.29) is 42.7 Å². The van der Waals surface area contributed by atoms with Crippen LogP contribution in [0.4, 0.5) is 15.0 Å². The number of nitriles is 1. The highest BCUT2D eigenvalue weighted by molar-refractivity contribution is 6.30. The summed E-state index contributed by atoms with van der Waals surface area (Å²) in [6, 6.07) is 12.1. The first kappa shape index (κ1) is 28.3. The van der Waals surface area contributed by atoms with E-state index in [1.165, 1.54) is 11.1 Å². The maximum atomic E-state index is 15.2. The normalized spacial score (nSPS) is 23.8. The van der Waals surface area contributed by atoms with Crippen LogP contribution in [0.25, 0.3) is 10.9 Å². The highest BCUT2D eigenvalue weighted by Gasteiger charge is 2.45. The molecule has 5 heterocycles. The molecule has 3 aromatic rings. The van der Waals surface area contributed by atoms with Crippen molar-refractivity contribution < 1.29 is 23.8 Å². The number of hydrogen-bond acceptors (Lipinski definition) is 9. The summed E-state index contributed by atoms with van der Waals surface area (Å²) in [6.07, 6.45) is 2.71. The van der Waals surface area contributed by atoms with Crippen molar-refractivity contribution in [1.82, 2.24) is 24.8 Å². The summed E-state index contributed by atoms with van der Waals surface area (Å²) < 4.78 is 26.8. The van der Waals surface area contributed by atoms with E-state index in [1.807, 2.05) is 35.2 Å². The molecule has 0 unspecified atom stereocenters. The molecule has 0 aliphatic carbocycles.